The van der Waals surface area contributed by atoms with Crippen molar-refractivity contribution >= 4 is 5.91 Å². The second-order valence-corrected chi connectivity index (χ2v) is 7.83. The molecule has 0 bridgehead atoms. The molecule has 0 aliphatic heterocycles. The molecule has 0 heterocycles. The Morgan fingerprint density at radius 3 is 2.52 bits per heavy atom. The predicted octanol–water partition coefficient (Wildman–Crippen LogP) is 3.07. The summed E-state index contributed by atoms with van der Waals surface area (Å²) in [4.78, 5) is 14.5. The number of hydrogen-bond donors (Lipinski definition) is 2. The van der Waals surface area contributed by atoms with Gasteiger partial charge in [-0.3, -0.25) is 9.69 Å². The summed E-state index contributed by atoms with van der Waals surface area (Å²) in [6.07, 6.45) is 9.39. The predicted molar refractivity (Wildman–Crippen MR) is 102 cm³/mol. The summed E-state index contributed by atoms with van der Waals surface area (Å²) in [7, 11) is 2.24. The van der Waals surface area contributed by atoms with Gasteiger partial charge in [-0.2, -0.15) is 0 Å². The number of hydrogen-bond acceptors (Lipinski definition) is 3. The molecule has 0 unspecified atom stereocenters. The van der Waals surface area contributed by atoms with Crippen molar-refractivity contribution in [3.05, 3.63) is 35.4 Å². The molecule has 2 fully saturated rings. The molecule has 25 heavy (non-hydrogen) atoms. The molecule has 4 heteroatoms. The van der Waals surface area contributed by atoms with E-state index >= 15 is 0 Å². The quantitative estimate of drug-likeness (QED) is 0.724. The van der Waals surface area contributed by atoms with Crippen molar-refractivity contribution < 1.29 is 4.79 Å². The molecule has 2 N–H and O–H groups in total. The van der Waals surface area contributed by atoms with Crippen LogP contribution in [0.15, 0.2) is 24.3 Å². The summed E-state index contributed by atoms with van der Waals surface area (Å²) in [6, 6.07) is 9.22. The van der Waals surface area contributed by atoms with Gasteiger partial charge in [0.15, 0.2) is 0 Å². The third kappa shape index (κ3) is 6.12. The van der Waals surface area contributed by atoms with Gasteiger partial charge in [-0.25, -0.2) is 0 Å². The van der Waals surface area contributed by atoms with Crippen LogP contribution in [0.1, 0.15) is 56.1 Å². The van der Waals surface area contributed by atoms with Crippen LogP contribution in [-0.4, -0.2) is 37.0 Å². The summed E-state index contributed by atoms with van der Waals surface area (Å²) in [5.41, 5.74) is 2.57. The zero-order valence-electron chi connectivity index (χ0n) is 15.6. The van der Waals surface area contributed by atoms with Gasteiger partial charge in [0.2, 0.25) is 5.91 Å². The Morgan fingerprint density at radius 1 is 1.08 bits per heavy atom. The molecule has 3 rings (SSSR count). The molecule has 0 saturated heterocycles. The van der Waals surface area contributed by atoms with E-state index in [1.54, 1.807) is 0 Å². The molecular formula is C21H33N3O. The van der Waals surface area contributed by atoms with E-state index < -0.39 is 0 Å². The number of rotatable bonds is 9. The van der Waals surface area contributed by atoms with Crippen LogP contribution in [-0.2, 0) is 17.9 Å². The van der Waals surface area contributed by atoms with Crippen LogP contribution in [0.4, 0.5) is 0 Å². The van der Waals surface area contributed by atoms with E-state index in [9.17, 15) is 4.79 Å². The second kappa shape index (κ2) is 9.35. The van der Waals surface area contributed by atoms with E-state index in [0.29, 0.717) is 19.1 Å². The number of carbonyl (C=O) groups excluding carboxylic acids is 1. The Labute approximate surface area is 152 Å². The van der Waals surface area contributed by atoms with Crippen LogP contribution in [0.5, 0.6) is 0 Å². The van der Waals surface area contributed by atoms with Crippen LogP contribution >= 0.6 is 0 Å². The lowest BCUT2D eigenvalue weighted by Crippen LogP contribution is -2.35. The SMILES string of the molecule is CN(Cc1ccccc1CNC(=O)CNCC1CC1)C1CCCCC1. The van der Waals surface area contributed by atoms with E-state index in [2.05, 4.69) is 46.8 Å². The Hall–Kier alpha value is -1.39. The van der Waals surface area contributed by atoms with Crippen LogP contribution in [0.25, 0.3) is 0 Å². The highest BCUT2D eigenvalue weighted by atomic mass is 16.1. The molecule has 4 nitrogen and oxygen atoms in total. The smallest absolute Gasteiger partial charge is 0.234 e. The molecule has 0 atom stereocenters. The van der Waals surface area contributed by atoms with Gasteiger partial charge in [-0.05, 0) is 56.3 Å². The third-order valence-electron chi connectivity index (χ3n) is 5.63. The van der Waals surface area contributed by atoms with E-state index in [1.165, 1.54) is 56.1 Å². The minimum atomic E-state index is 0.0936. The molecule has 0 aromatic heterocycles. The third-order valence-corrected chi connectivity index (χ3v) is 5.63. The molecular weight excluding hydrogens is 310 g/mol. The fourth-order valence-electron chi connectivity index (χ4n) is 3.77. The van der Waals surface area contributed by atoms with Crippen molar-refractivity contribution in [3.8, 4) is 0 Å². The van der Waals surface area contributed by atoms with Crippen LogP contribution < -0.4 is 10.6 Å². The van der Waals surface area contributed by atoms with E-state index in [1.807, 2.05) is 0 Å². The first kappa shape index (κ1) is 18.4. The van der Waals surface area contributed by atoms with Gasteiger partial charge in [0.25, 0.3) is 0 Å². The van der Waals surface area contributed by atoms with Gasteiger partial charge >= 0.3 is 0 Å². The Morgan fingerprint density at radius 2 is 1.80 bits per heavy atom. The zero-order valence-corrected chi connectivity index (χ0v) is 15.6. The van der Waals surface area contributed by atoms with Gasteiger partial charge in [0.1, 0.15) is 0 Å². The Kier molecular flexibility index (Phi) is 6.88. The molecule has 1 aromatic carbocycles. The lowest BCUT2D eigenvalue weighted by atomic mass is 9.94. The Balaban J connectivity index is 1.46. The fourth-order valence-corrected chi connectivity index (χ4v) is 3.77. The average molecular weight is 344 g/mol. The van der Waals surface area contributed by atoms with Crippen LogP contribution in [0.2, 0.25) is 0 Å². The molecule has 0 radical (unpaired) electrons. The van der Waals surface area contributed by atoms with Crippen molar-refractivity contribution in [2.24, 2.45) is 5.92 Å². The first-order valence-electron chi connectivity index (χ1n) is 9.97. The van der Waals surface area contributed by atoms with Gasteiger partial charge in [0.05, 0.1) is 6.54 Å². The zero-order chi connectivity index (χ0) is 17.5. The molecule has 138 valence electrons. The number of nitrogens with one attached hydrogen (secondary N) is 2. The molecule has 2 saturated carbocycles. The van der Waals surface area contributed by atoms with Crippen molar-refractivity contribution in [2.45, 2.75) is 64.1 Å². The van der Waals surface area contributed by atoms with Crippen molar-refractivity contribution in [1.29, 1.82) is 0 Å². The van der Waals surface area contributed by atoms with Gasteiger partial charge < -0.3 is 10.6 Å². The highest BCUT2D eigenvalue weighted by Gasteiger charge is 2.21. The summed E-state index contributed by atoms with van der Waals surface area (Å²) >= 11 is 0. The maximum absolute atomic E-state index is 12.0. The summed E-state index contributed by atoms with van der Waals surface area (Å²) < 4.78 is 0. The van der Waals surface area contributed by atoms with Crippen LogP contribution in [0.3, 0.4) is 0 Å². The highest BCUT2D eigenvalue weighted by Crippen LogP contribution is 2.27. The second-order valence-electron chi connectivity index (χ2n) is 7.83. The standard InChI is InChI=1S/C21H33N3O/c1-24(20-9-3-2-4-10-20)16-19-8-6-5-7-18(19)14-23-21(25)15-22-13-17-11-12-17/h5-8,17,20,22H,2-4,9-16H2,1H3,(H,23,25). The van der Waals surface area contributed by atoms with Crippen molar-refractivity contribution in [2.75, 3.05) is 20.1 Å². The molecule has 1 aromatic rings. The van der Waals surface area contributed by atoms with Crippen molar-refractivity contribution in [1.82, 2.24) is 15.5 Å². The minimum Gasteiger partial charge on any atom is -0.351 e. The average Bonchev–Trinajstić information content (AvgIpc) is 3.46. The fraction of sp³-hybridized carbons (Fsp3) is 0.667. The topological polar surface area (TPSA) is 44.4 Å². The highest BCUT2D eigenvalue weighted by molar-refractivity contribution is 5.78. The van der Waals surface area contributed by atoms with Gasteiger partial charge in [-0.1, -0.05) is 43.5 Å². The monoisotopic (exact) mass is 343 g/mol. The molecule has 0 spiro atoms. The first-order chi connectivity index (χ1) is 12.2. The molecule has 1 amide bonds. The lowest BCUT2D eigenvalue weighted by molar-refractivity contribution is -0.120. The van der Waals surface area contributed by atoms with Gasteiger partial charge in [0, 0.05) is 19.1 Å². The first-order valence-corrected chi connectivity index (χ1v) is 9.97. The largest absolute Gasteiger partial charge is 0.351 e. The van der Waals surface area contributed by atoms with E-state index in [0.717, 1.165) is 19.0 Å². The number of amides is 1. The van der Waals surface area contributed by atoms with E-state index in [-0.39, 0.29) is 5.91 Å². The number of benzene rings is 1. The lowest BCUT2D eigenvalue weighted by Gasteiger charge is -2.31. The summed E-state index contributed by atoms with van der Waals surface area (Å²) in [5, 5.41) is 6.32. The number of nitrogens with zero attached hydrogens (tertiary/aromatic N) is 1. The normalized spacial score (nSPS) is 18.5. The maximum atomic E-state index is 12.0. The van der Waals surface area contributed by atoms with Gasteiger partial charge in [-0.15, -0.1) is 0 Å². The number of carbonyl (C=O) groups is 1. The molecule has 2 aliphatic carbocycles. The van der Waals surface area contributed by atoms with E-state index in [4.69, 9.17) is 0 Å². The Bertz CT molecular complexity index is 550. The molecule has 2 aliphatic rings. The van der Waals surface area contributed by atoms with Crippen molar-refractivity contribution in [3.63, 3.8) is 0 Å². The van der Waals surface area contributed by atoms with Crippen LogP contribution in [0, 0.1) is 5.92 Å². The maximum Gasteiger partial charge on any atom is 0.234 e. The summed E-state index contributed by atoms with van der Waals surface area (Å²) in [5.74, 6) is 0.903. The minimum absolute atomic E-state index is 0.0936. The summed E-state index contributed by atoms with van der Waals surface area (Å²) in [6.45, 7) is 3.01.